The van der Waals surface area contributed by atoms with Gasteiger partial charge in [-0.2, -0.15) is 0 Å². The number of hydrogen-bond donors (Lipinski definition) is 2. The Kier molecular flexibility index (Phi) is 6.25. The summed E-state index contributed by atoms with van der Waals surface area (Å²) in [7, 11) is 0. The molecule has 0 aliphatic carbocycles. The van der Waals surface area contributed by atoms with Crippen LogP contribution >= 0.6 is 0 Å². The highest BCUT2D eigenvalue weighted by molar-refractivity contribution is 6.04. The van der Waals surface area contributed by atoms with Crippen LogP contribution in [0.25, 0.3) is 0 Å². The lowest BCUT2D eigenvalue weighted by Gasteiger charge is -2.07. The first kappa shape index (κ1) is 19.0. The van der Waals surface area contributed by atoms with Gasteiger partial charge in [0.25, 0.3) is 5.91 Å². The summed E-state index contributed by atoms with van der Waals surface area (Å²) >= 11 is 0. The molecule has 0 radical (unpaired) electrons. The largest absolute Gasteiger partial charge is 0.462 e. The molecule has 2 N–H and O–H groups in total. The Hall–Kier alpha value is -3.81. The molecule has 0 aliphatic heterocycles. The predicted octanol–water partition coefficient (Wildman–Crippen LogP) is 2.91. The third-order valence-electron chi connectivity index (χ3n) is 3.72. The summed E-state index contributed by atoms with van der Waals surface area (Å²) in [6.45, 7) is 2.54. The van der Waals surface area contributed by atoms with E-state index in [1.165, 1.54) is 12.4 Å². The van der Waals surface area contributed by atoms with E-state index in [-0.39, 0.29) is 5.91 Å². The zero-order chi connectivity index (χ0) is 19.8. The Morgan fingerprint density at radius 1 is 0.964 bits per heavy atom. The first-order valence-electron chi connectivity index (χ1n) is 8.70. The van der Waals surface area contributed by atoms with Gasteiger partial charge in [-0.3, -0.25) is 9.78 Å². The van der Waals surface area contributed by atoms with E-state index in [1.54, 1.807) is 37.4 Å². The number of amides is 1. The van der Waals surface area contributed by atoms with E-state index in [4.69, 9.17) is 4.74 Å². The molecule has 1 amide bonds. The monoisotopic (exact) mass is 377 g/mol. The fourth-order valence-corrected chi connectivity index (χ4v) is 2.32. The molecule has 0 saturated heterocycles. The molecule has 142 valence electrons. The third kappa shape index (κ3) is 5.10. The van der Waals surface area contributed by atoms with Crippen molar-refractivity contribution in [2.75, 3.05) is 17.2 Å². The summed E-state index contributed by atoms with van der Waals surface area (Å²) in [6, 6.07) is 12.1. The number of nitrogens with zero attached hydrogens (tertiary/aromatic N) is 3. The molecule has 2 aromatic heterocycles. The summed E-state index contributed by atoms with van der Waals surface area (Å²) in [6.07, 6.45) is 4.59. The van der Waals surface area contributed by atoms with Gasteiger partial charge in [0.15, 0.2) is 0 Å². The Labute approximate surface area is 162 Å². The quantitative estimate of drug-likeness (QED) is 0.610. The van der Waals surface area contributed by atoms with Gasteiger partial charge in [-0.15, -0.1) is 0 Å². The van der Waals surface area contributed by atoms with E-state index in [9.17, 15) is 9.59 Å². The second-order valence-electron chi connectivity index (χ2n) is 5.72. The molecule has 0 atom stereocenters. The number of carbonyl (C=O) groups excluding carboxylic acids is 2. The fourth-order valence-electron chi connectivity index (χ4n) is 2.32. The van der Waals surface area contributed by atoms with Crippen LogP contribution in [0.5, 0.6) is 0 Å². The van der Waals surface area contributed by atoms with Crippen LogP contribution in [0.2, 0.25) is 0 Å². The summed E-state index contributed by atoms with van der Waals surface area (Å²) in [4.78, 5) is 36.4. The van der Waals surface area contributed by atoms with Gasteiger partial charge >= 0.3 is 5.97 Å². The van der Waals surface area contributed by atoms with Gasteiger partial charge in [0.05, 0.1) is 30.0 Å². The van der Waals surface area contributed by atoms with Crippen LogP contribution in [0.4, 0.5) is 11.6 Å². The van der Waals surface area contributed by atoms with E-state index in [0.717, 1.165) is 5.69 Å². The van der Waals surface area contributed by atoms with Gasteiger partial charge in [0, 0.05) is 24.3 Å². The second kappa shape index (κ2) is 9.22. The number of nitrogens with one attached hydrogen (secondary N) is 2. The van der Waals surface area contributed by atoms with Crippen LogP contribution in [0, 0.1) is 0 Å². The highest BCUT2D eigenvalue weighted by Crippen LogP contribution is 2.12. The van der Waals surface area contributed by atoms with Crippen molar-refractivity contribution in [1.29, 1.82) is 0 Å². The lowest BCUT2D eigenvalue weighted by atomic mass is 10.2. The molecule has 0 fully saturated rings. The van der Waals surface area contributed by atoms with Crippen LogP contribution in [-0.2, 0) is 11.3 Å². The average Bonchev–Trinajstić information content (AvgIpc) is 2.74. The molecule has 8 nitrogen and oxygen atoms in total. The van der Waals surface area contributed by atoms with E-state index >= 15 is 0 Å². The first-order valence-corrected chi connectivity index (χ1v) is 8.70. The summed E-state index contributed by atoms with van der Waals surface area (Å²) in [5.41, 5.74) is 2.15. The summed E-state index contributed by atoms with van der Waals surface area (Å²) < 4.78 is 4.92. The molecule has 0 aliphatic rings. The standard InChI is InChI=1S/C20H19N5O3/c1-2-28-19(27)14-6-8-16(9-7-14)25-18(26)15-11-22-20(23-12-15)24-13-17-5-3-4-10-21-17/h3-12H,2,13H2,1H3,(H,25,26)(H,22,23,24). The van der Waals surface area contributed by atoms with Crippen molar-refractivity contribution in [3.63, 3.8) is 0 Å². The van der Waals surface area contributed by atoms with E-state index < -0.39 is 5.97 Å². The van der Waals surface area contributed by atoms with Gasteiger partial charge in [-0.05, 0) is 43.3 Å². The molecule has 0 unspecified atom stereocenters. The van der Waals surface area contributed by atoms with Crippen molar-refractivity contribution in [2.45, 2.75) is 13.5 Å². The average molecular weight is 377 g/mol. The van der Waals surface area contributed by atoms with Crippen molar-refractivity contribution >= 4 is 23.5 Å². The van der Waals surface area contributed by atoms with Gasteiger partial charge in [-0.1, -0.05) is 6.07 Å². The molecule has 28 heavy (non-hydrogen) atoms. The van der Waals surface area contributed by atoms with Gasteiger partial charge in [0.1, 0.15) is 0 Å². The number of hydrogen-bond acceptors (Lipinski definition) is 7. The topological polar surface area (TPSA) is 106 Å². The van der Waals surface area contributed by atoms with E-state index in [2.05, 4.69) is 25.6 Å². The van der Waals surface area contributed by atoms with Crippen molar-refractivity contribution in [3.8, 4) is 0 Å². The van der Waals surface area contributed by atoms with Crippen LogP contribution in [-0.4, -0.2) is 33.4 Å². The lowest BCUT2D eigenvalue weighted by Crippen LogP contribution is -2.14. The zero-order valence-electron chi connectivity index (χ0n) is 15.3. The number of anilines is 2. The molecule has 3 rings (SSSR count). The lowest BCUT2D eigenvalue weighted by molar-refractivity contribution is 0.0526. The minimum atomic E-state index is -0.400. The molecule has 1 aromatic carbocycles. The van der Waals surface area contributed by atoms with Crippen molar-refractivity contribution in [2.24, 2.45) is 0 Å². The maximum atomic E-state index is 12.3. The Morgan fingerprint density at radius 3 is 2.36 bits per heavy atom. The summed E-state index contributed by atoms with van der Waals surface area (Å²) in [5.74, 6) is -0.344. The highest BCUT2D eigenvalue weighted by Gasteiger charge is 2.10. The smallest absolute Gasteiger partial charge is 0.338 e. The number of rotatable bonds is 7. The molecule has 3 aromatic rings. The molecular weight excluding hydrogens is 358 g/mol. The second-order valence-corrected chi connectivity index (χ2v) is 5.72. The zero-order valence-corrected chi connectivity index (χ0v) is 15.3. The number of pyridine rings is 1. The van der Waals surface area contributed by atoms with Gasteiger partial charge < -0.3 is 15.4 Å². The van der Waals surface area contributed by atoms with Crippen LogP contribution in [0.1, 0.15) is 33.3 Å². The molecule has 0 saturated carbocycles. The third-order valence-corrected chi connectivity index (χ3v) is 3.72. The Bertz CT molecular complexity index is 928. The van der Waals surface area contributed by atoms with Gasteiger partial charge in [0.2, 0.25) is 5.95 Å². The molecule has 2 heterocycles. The maximum absolute atomic E-state index is 12.3. The maximum Gasteiger partial charge on any atom is 0.338 e. The minimum absolute atomic E-state index is 0.310. The fraction of sp³-hybridized carbons (Fsp3) is 0.150. The molecule has 0 spiro atoms. The van der Waals surface area contributed by atoms with E-state index in [1.807, 2.05) is 18.2 Å². The first-order chi connectivity index (χ1) is 13.7. The predicted molar refractivity (Wildman–Crippen MR) is 104 cm³/mol. The number of carbonyl (C=O) groups is 2. The molecular formula is C20H19N5O3. The number of esters is 1. The van der Waals surface area contributed by atoms with Crippen LogP contribution < -0.4 is 10.6 Å². The number of aromatic nitrogens is 3. The van der Waals surface area contributed by atoms with Crippen molar-refractivity contribution in [3.05, 3.63) is 77.9 Å². The molecule has 0 bridgehead atoms. The Morgan fingerprint density at radius 2 is 1.71 bits per heavy atom. The van der Waals surface area contributed by atoms with Gasteiger partial charge in [-0.25, -0.2) is 14.8 Å². The number of benzene rings is 1. The SMILES string of the molecule is CCOC(=O)c1ccc(NC(=O)c2cnc(NCc3ccccn3)nc2)cc1. The van der Waals surface area contributed by atoms with Crippen LogP contribution in [0.3, 0.4) is 0 Å². The minimum Gasteiger partial charge on any atom is -0.462 e. The summed E-state index contributed by atoms with van der Waals surface area (Å²) in [5, 5.41) is 5.78. The van der Waals surface area contributed by atoms with Crippen molar-refractivity contribution < 1.29 is 14.3 Å². The normalized spacial score (nSPS) is 10.2. The number of ether oxygens (including phenoxy) is 1. The van der Waals surface area contributed by atoms with Crippen molar-refractivity contribution in [1.82, 2.24) is 15.0 Å². The van der Waals surface area contributed by atoms with E-state index in [0.29, 0.717) is 35.9 Å². The Balaban J connectivity index is 1.56. The molecule has 8 heteroatoms. The van der Waals surface area contributed by atoms with Crippen LogP contribution in [0.15, 0.2) is 61.1 Å². The highest BCUT2D eigenvalue weighted by atomic mass is 16.5.